The number of alkyl halides is 3. The molecule has 4 aromatic rings. The Morgan fingerprint density at radius 1 is 1.10 bits per heavy atom. The lowest BCUT2D eigenvalue weighted by Crippen LogP contribution is -2.16. The third-order valence-electron chi connectivity index (χ3n) is 4.48. The van der Waals surface area contributed by atoms with Gasteiger partial charge in [-0.15, -0.1) is 24.5 Å². The Hall–Kier alpha value is -3.46. The van der Waals surface area contributed by atoms with Gasteiger partial charge in [0.05, 0.1) is 5.56 Å². The molecule has 9 heteroatoms. The number of aryl methyl sites for hydroxylation is 1. The highest BCUT2D eigenvalue weighted by Crippen LogP contribution is 2.34. The summed E-state index contributed by atoms with van der Waals surface area (Å²) in [5.74, 6) is 0.0512. The van der Waals surface area contributed by atoms with Gasteiger partial charge in [0.25, 0.3) is 0 Å². The number of ether oxygens (including phenoxy) is 1. The predicted molar refractivity (Wildman–Crippen MR) is 112 cm³/mol. The number of thiophene rings is 1. The van der Waals surface area contributed by atoms with Gasteiger partial charge in [-0.1, -0.05) is 24.8 Å². The van der Waals surface area contributed by atoms with E-state index in [4.69, 9.17) is 0 Å². The van der Waals surface area contributed by atoms with Crippen LogP contribution in [0, 0.1) is 5.82 Å². The summed E-state index contributed by atoms with van der Waals surface area (Å²) < 4.78 is 56.8. The molecule has 158 valence electrons. The normalized spacial score (nSPS) is 11.5. The van der Waals surface area contributed by atoms with E-state index in [0.717, 1.165) is 16.0 Å². The number of hydrogen-bond acceptors (Lipinski definition) is 4. The van der Waals surface area contributed by atoms with E-state index in [2.05, 4.69) is 21.4 Å². The van der Waals surface area contributed by atoms with E-state index < -0.39 is 12.2 Å². The first-order valence-electron chi connectivity index (χ1n) is 9.02. The summed E-state index contributed by atoms with van der Waals surface area (Å²) in [6, 6.07) is 12.1. The number of hydrogen-bond donors (Lipinski definition) is 0. The molecule has 0 atom stereocenters. The minimum absolute atomic E-state index is 0.243. The Morgan fingerprint density at radius 3 is 2.52 bits per heavy atom. The van der Waals surface area contributed by atoms with Crippen LogP contribution < -0.4 is 4.74 Å². The van der Waals surface area contributed by atoms with Gasteiger partial charge in [-0.25, -0.2) is 14.1 Å². The molecule has 2 heterocycles. The van der Waals surface area contributed by atoms with Crippen molar-refractivity contribution in [1.82, 2.24) is 14.8 Å². The molecule has 0 saturated heterocycles. The van der Waals surface area contributed by atoms with Crippen LogP contribution in [0.5, 0.6) is 5.75 Å². The van der Waals surface area contributed by atoms with Crippen LogP contribution in [0.2, 0.25) is 0 Å². The maximum absolute atomic E-state index is 14.4. The Kier molecular flexibility index (Phi) is 5.36. The third-order valence-corrected chi connectivity index (χ3v) is 5.46. The molecule has 0 amide bonds. The molecule has 0 radical (unpaired) electrons. The van der Waals surface area contributed by atoms with Crippen LogP contribution in [-0.4, -0.2) is 21.1 Å². The number of halogens is 4. The average molecular weight is 445 g/mol. The van der Waals surface area contributed by atoms with Crippen molar-refractivity contribution < 1.29 is 22.3 Å². The molecule has 4 nitrogen and oxygen atoms in total. The van der Waals surface area contributed by atoms with E-state index >= 15 is 0 Å². The maximum atomic E-state index is 14.4. The van der Waals surface area contributed by atoms with Crippen molar-refractivity contribution >= 4 is 17.4 Å². The zero-order valence-electron chi connectivity index (χ0n) is 16.2. The van der Waals surface area contributed by atoms with E-state index in [-0.39, 0.29) is 17.1 Å². The van der Waals surface area contributed by atoms with Crippen molar-refractivity contribution in [3.8, 4) is 39.0 Å². The third kappa shape index (κ3) is 4.36. The summed E-state index contributed by atoms with van der Waals surface area (Å²) in [4.78, 5) is 5.34. The smallest absolute Gasteiger partial charge is 0.406 e. The Morgan fingerprint density at radius 2 is 1.84 bits per heavy atom. The number of nitrogens with zero attached hydrogens (tertiary/aromatic N) is 3. The highest BCUT2D eigenvalue weighted by Gasteiger charge is 2.31. The summed E-state index contributed by atoms with van der Waals surface area (Å²) >= 11 is 1.41. The van der Waals surface area contributed by atoms with Crippen molar-refractivity contribution in [2.45, 2.75) is 6.36 Å². The number of rotatable bonds is 5. The van der Waals surface area contributed by atoms with E-state index in [9.17, 15) is 17.6 Å². The van der Waals surface area contributed by atoms with E-state index in [1.807, 2.05) is 11.4 Å². The van der Waals surface area contributed by atoms with Crippen LogP contribution in [0.1, 0.15) is 5.56 Å². The van der Waals surface area contributed by atoms with Crippen LogP contribution in [0.3, 0.4) is 0 Å². The molecule has 0 bridgehead atoms. The fourth-order valence-electron chi connectivity index (χ4n) is 3.11. The number of benzene rings is 2. The average Bonchev–Trinajstić information content (AvgIpc) is 3.34. The zero-order valence-corrected chi connectivity index (χ0v) is 17.0. The van der Waals surface area contributed by atoms with Crippen molar-refractivity contribution in [3.63, 3.8) is 0 Å². The second-order valence-corrected chi connectivity index (χ2v) is 7.47. The molecule has 0 fully saturated rings. The lowest BCUT2D eigenvalue weighted by atomic mass is 10.1. The summed E-state index contributed by atoms with van der Waals surface area (Å²) in [6.45, 7) is 3.71. The monoisotopic (exact) mass is 445 g/mol. The van der Waals surface area contributed by atoms with Crippen molar-refractivity contribution in [1.29, 1.82) is 0 Å². The van der Waals surface area contributed by atoms with E-state index in [0.29, 0.717) is 11.4 Å². The van der Waals surface area contributed by atoms with Gasteiger partial charge < -0.3 is 4.74 Å². The second kappa shape index (κ2) is 7.99. The highest BCUT2D eigenvalue weighted by atomic mass is 32.1. The predicted octanol–water partition coefficient (Wildman–Crippen LogP) is 6.56. The van der Waals surface area contributed by atoms with Gasteiger partial charge >= 0.3 is 6.36 Å². The second-order valence-electron chi connectivity index (χ2n) is 6.56. The van der Waals surface area contributed by atoms with Crippen LogP contribution >= 0.6 is 11.3 Å². The minimum Gasteiger partial charge on any atom is -0.406 e. The Labute approximate surface area is 179 Å². The summed E-state index contributed by atoms with van der Waals surface area (Å²) in [7, 11) is 1.71. The molecule has 0 aliphatic rings. The summed E-state index contributed by atoms with van der Waals surface area (Å²) in [5, 5.41) is 6.21. The topological polar surface area (TPSA) is 39.9 Å². The van der Waals surface area contributed by atoms with Gasteiger partial charge in [-0.3, -0.25) is 0 Å². The van der Waals surface area contributed by atoms with Gasteiger partial charge in [-0.05, 0) is 47.5 Å². The number of aromatic nitrogens is 3. The maximum Gasteiger partial charge on any atom is 0.573 e. The molecule has 4 rings (SSSR count). The van der Waals surface area contributed by atoms with Gasteiger partial charge in [0.1, 0.15) is 11.6 Å². The molecule has 2 aromatic heterocycles. The van der Waals surface area contributed by atoms with Crippen molar-refractivity contribution in [2.75, 3.05) is 0 Å². The SMILES string of the molecule is C=Cc1cccc(F)c1-c1nc(-c2csc(-c3ccc(OC(F)(F)F)cc3)c2)n(C)n1. The van der Waals surface area contributed by atoms with Gasteiger partial charge in [0.2, 0.25) is 0 Å². The van der Waals surface area contributed by atoms with Crippen molar-refractivity contribution in [3.05, 3.63) is 71.9 Å². The Bertz CT molecular complexity index is 1240. The molecule has 0 saturated carbocycles. The lowest BCUT2D eigenvalue weighted by molar-refractivity contribution is -0.274. The summed E-state index contributed by atoms with van der Waals surface area (Å²) in [5.41, 5.74) is 2.35. The minimum atomic E-state index is -4.73. The van der Waals surface area contributed by atoms with Crippen LogP contribution in [-0.2, 0) is 7.05 Å². The largest absolute Gasteiger partial charge is 0.573 e. The van der Waals surface area contributed by atoms with E-state index in [1.165, 1.54) is 29.5 Å². The fourth-order valence-corrected chi connectivity index (χ4v) is 4.01. The molecule has 0 aliphatic carbocycles. The van der Waals surface area contributed by atoms with Crippen molar-refractivity contribution in [2.24, 2.45) is 7.05 Å². The molecule has 2 aromatic carbocycles. The molecule has 0 spiro atoms. The van der Waals surface area contributed by atoms with Gasteiger partial charge in [0, 0.05) is 22.9 Å². The highest BCUT2D eigenvalue weighted by molar-refractivity contribution is 7.14. The molecule has 31 heavy (non-hydrogen) atoms. The van der Waals surface area contributed by atoms with E-state index in [1.54, 1.807) is 42.1 Å². The van der Waals surface area contributed by atoms with Crippen LogP contribution in [0.25, 0.3) is 39.3 Å². The fraction of sp³-hybridized carbons (Fsp3) is 0.0909. The first-order chi connectivity index (χ1) is 14.7. The zero-order chi connectivity index (χ0) is 22.2. The van der Waals surface area contributed by atoms with Gasteiger partial charge in [-0.2, -0.15) is 5.10 Å². The van der Waals surface area contributed by atoms with Gasteiger partial charge in [0.15, 0.2) is 11.6 Å². The molecular weight excluding hydrogens is 430 g/mol. The quantitative estimate of drug-likeness (QED) is 0.327. The molecule has 0 aliphatic heterocycles. The lowest BCUT2D eigenvalue weighted by Gasteiger charge is -2.08. The standard InChI is InChI=1S/C22H15F4N3OS/c1-3-13-5-4-6-17(23)19(13)20-27-21(29(2)28-20)15-11-18(31-12-15)14-7-9-16(10-8-14)30-22(24,25)26/h3-12H,1H2,2H3. The first kappa shape index (κ1) is 20.8. The molecule has 0 N–H and O–H groups in total. The van der Waals surface area contributed by atoms with Crippen LogP contribution in [0.4, 0.5) is 17.6 Å². The Balaban J connectivity index is 1.64. The summed E-state index contributed by atoms with van der Waals surface area (Å²) in [6.07, 6.45) is -3.19. The first-order valence-corrected chi connectivity index (χ1v) is 9.90. The van der Waals surface area contributed by atoms with Crippen LogP contribution in [0.15, 0.2) is 60.5 Å². The molecule has 0 unspecified atom stereocenters. The molecular formula is C22H15F4N3OS.